The van der Waals surface area contributed by atoms with Crippen molar-refractivity contribution in [3.63, 3.8) is 0 Å². The molecule has 0 amide bonds. The fourth-order valence-electron chi connectivity index (χ4n) is 9.63. The first-order chi connectivity index (χ1) is 19.5. The van der Waals surface area contributed by atoms with E-state index in [0.717, 1.165) is 50.5 Å². The lowest BCUT2D eigenvalue weighted by atomic mass is 9.48. The molecule has 5 aliphatic carbocycles. The van der Waals surface area contributed by atoms with Crippen molar-refractivity contribution in [1.29, 1.82) is 0 Å². The molecule has 2 N–H and O–H groups in total. The van der Waals surface area contributed by atoms with Crippen LogP contribution in [0.4, 0.5) is 0 Å². The number of benzene rings is 2. The predicted molar refractivity (Wildman–Crippen MR) is 161 cm³/mol. The number of aliphatic hydroxyl groups is 2. The lowest BCUT2D eigenvalue weighted by molar-refractivity contribution is -0.129. The van der Waals surface area contributed by atoms with Crippen LogP contribution in [0.3, 0.4) is 0 Å². The fourth-order valence-corrected chi connectivity index (χ4v) is 10.6. The molecule has 1 aliphatic heterocycles. The van der Waals surface area contributed by atoms with E-state index in [1.165, 1.54) is 59.7 Å². The van der Waals surface area contributed by atoms with Crippen molar-refractivity contribution in [3.05, 3.63) is 76.6 Å². The first-order valence-electron chi connectivity index (χ1n) is 15.7. The standard InChI is InChI=1S/C35H43NO3S/c1-34-21-30(24-6-4-23(5-7-24)22-2-3-22)33-28-11-9-27(39-15-12-36-13-16-40-17-14-36)18-25(28)8-10-29(33)31(34)19-26-20-32(37)35(26,34)38/h4-7,9,11,18,20,22,26,29-31,33,37-38H,2-3,8,10,12-17,19,21H2,1H3/t26?,29-,30+,31-,33?,34-,35+/m0/s1. The zero-order valence-electron chi connectivity index (χ0n) is 23.7. The minimum Gasteiger partial charge on any atom is -0.510 e. The molecular formula is C35H43NO3S. The SMILES string of the molecule is C[C@]12C[C@H](c3ccc(C4CC4)cc3)C3c4ccc(OCCN5CCSCC5)cc4CC[C@H]3[C@@H]1CC1C=C(O)[C@]12O. The lowest BCUT2D eigenvalue weighted by Gasteiger charge is -2.57. The molecular weight excluding hydrogens is 514 g/mol. The number of hydrogen-bond acceptors (Lipinski definition) is 5. The maximum Gasteiger partial charge on any atom is 0.133 e. The maximum absolute atomic E-state index is 11.9. The summed E-state index contributed by atoms with van der Waals surface area (Å²) >= 11 is 2.05. The van der Waals surface area contributed by atoms with Crippen LogP contribution in [0.1, 0.15) is 79.0 Å². The molecule has 0 bridgehead atoms. The number of nitrogens with zero attached hydrogens (tertiary/aromatic N) is 1. The van der Waals surface area contributed by atoms with Gasteiger partial charge in [-0.25, -0.2) is 0 Å². The molecule has 8 rings (SSSR count). The van der Waals surface area contributed by atoms with Crippen molar-refractivity contribution < 1.29 is 14.9 Å². The molecule has 0 radical (unpaired) electrons. The second-order valence-corrected chi connectivity index (χ2v) is 15.1. The normalized spacial score (nSPS) is 38.4. The van der Waals surface area contributed by atoms with Gasteiger partial charge < -0.3 is 14.9 Å². The Morgan fingerprint density at radius 2 is 1.80 bits per heavy atom. The fraction of sp³-hybridized carbons (Fsp3) is 0.600. The van der Waals surface area contributed by atoms with Crippen LogP contribution >= 0.6 is 11.8 Å². The summed E-state index contributed by atoms with van der Waals surface area (Å²) in [5.41, 5.74) is 4.48. The van der Waals surface area contributed by atoms with Crippen LogP contribution in [0, 0.1) is 23.2 Å². The molecule has 2 aromatic carbocycles. The molecule has 0 aromatic heterocycles. The molecule has 5 heteroatoms. The van der Waals surface area contributed by atoms with Gasteiger partial charge in [-0.05, 0) is 109 Å². The molecule has 6 aliphatic rings. The zero-order chi connectivity index (χ0) is 27.1. The second-order valence-electron chi connectivity index (χ2n) is 13.8. The molecule has 40 heavy (non-hydrogen) atoms. The first kappa shape index (κ1) is 25.7. The highest BCUT2D eigenvalue weighted by atomic mass is 32.2. The molecule has 212 valence electrons. The number of aryl methyl sites for hydroxylation is 1. The van der Waals surface area contributed by atoms with Crippen molar-refractivity contribution in [2.75, 3.05) is 37.7 Å². The Kier molecular flexibility index (Phi) is 6.14. The third-order valence-corrected chi connectivity index (χ3v) is 12.9. The van der Waals surface area contributed by atoms with E-state index in [1.807, 2.05) is 6.08 Å². The van der Waals surface area contributed by atoms with Gasteiger partial charge in [-0.1, -0.05) is 37.3 Å². The third kappa shape index (κ3) is 3.86. The Morgan fingerprint density at radius 1 is 1.02 bits per heavy atom. The zero-order valence-corrected chi connectivity index (χ0v) is 24.5. The largest absolute Gasteiger partial charge is 0.510 e. The van der Waals surface area contributed by atoms with Crippen LogP contribution in [0.15, 0.2) is 54.3 Å². The molecule has 2 aromatic rings. The van der Waals surface area contributed by atoms with Gasteiger partial charge in [0.1, 0.15) is 23.7 Å². The van der Waals surface area contributed by atoms with Crippen LogP contribution in [0.5, 0.6) is 5.75 Å². The van der Waals surface area contributed by atoms with Gasteiger partial charge in [0.05, 0.1) is 0 Å². The summed E-state index contributed by atoms with van der Waals surface area (Å²) in [5.74, 6) is 6.26. The number of aliphatic hydroxyl groups excluding tert-OH is 1. The van der Waals surface area contributed by atoms with Crippen LogP contribution in [0.2, 0.25) is 0 Å². The van der Waals surface area contributed by atoms with Crippen molar-refractivity contribution in [1.82, 2.24) is 4.90 Å². The van der Waals surface area contributed by atoms with Crippen LogP contribution in [-0.2, 0) is 6.42 Å². The summed E-state index contributed by atoms with van der Waals surface area (Å²) in [4.78, 5) is 2.52. The first-order valence-corrected chi connectivity index (χ1v) is 16.9. The summed E-state index contributed by atoms with van der Waals surface area (Å²) in [5, 5.41) is 22.7. The molecule has 1 heterocycles. The molecule has 0 spiro atoms. The second kappa shape index (κ2) is 9.54. The van der Waals surface area contributed by atoms with E-state index < -0.39 is 5.60 Å². The highest BCUT2D eigenvalue weighted by molar-refractivity contribution is 7.99. The smallest absolute Gasteiger partial charge is 0.133 e. The Hall–Kier alpha value is -1.95. The average molecular weight is 558 g/mol. The van der Waals surface area contributed by atoms with E-state index in [0.29, 0.717) is 23.7 Å². The average Bonchev–Trinajstić information content (AvgIpc) is 3.81. The molecule has 1 saturated heterocycles. The lowest BCUT2D eigenvalue weighted by Crippen LogP contribution is -2.58. The van der Waals surface area contributed by atoms with Crippen molar-refractivity contribution in [2.24, 2.45) is 23.2 Å². The number of rotatable bonds is 6. The Balaban J connectivity index is 1.10. The van der Waals surface area contributed by atoms with Gasteiger partial charge in [0.25, 0.3) is 0 Å². The van der Waals surface area contributed by atoms with Crippen LogP contribution < -0.4 is 4.74 Å². The van der Waals surface area contributed by atoms with Crippen molar-refractivity contribution >= 4 is 11.8 Å². The van der Waals surface area contributed by atoms with E-state index in [4.69, 9.17) is 4.74 Å². The van der Waals surface area contributed by atoms with Crippen molar-refractivity contribution in [3.8, 4) is 5.75 Å². The topological polar surface area (TPSA) is 52.9 Å². The third-order valence-electron chi connectivity index (χ3n) is 12.0. The summed E-state index contributed by atoms with van der Waals surface area (Å²) in [7, 11) is 0. The molecule has 7 atom stereocenters. The highest BCUT2D eigenvalue weighted by Crippen LogP contribution is 2.72. The van der Waals surface area contributed by atoms with Crippen molar-refractivity contribution in [2.45, 2.75) is 68.8 Å². The predicted octanol–water partition coefficient (Wildman–Crippen LogP) is 6.65. The Labute approximate surface area is 243 Å². The minimum atomic E-state index is -1.06. The maximum atomic E-state index is 11.9. The number of thioether (sulfide) groups is 1. The van der Waals surface area contributed by atoms with Crippen LogP contribution in [-0.4, -0.2) is 58.5 Å². The van der Waals surface area contributed by atoms with Gasteiger partial charge in [0.2, 0.25) is 0 Å². The van der Waals surface area contributed by atoms with Gasteiger partial charge in [0.15, 0.2) is 0 Å². The summed E-state index contributed by atoms with van der Waals surface area (Å²) < 4.78 is 6.29. The Bertz CT molecular complexity index is 1310. The molecule has 4 fully saturated rings. The quantitative estimate of drug-likeness (QED) is 0.416. The number of fused-ring (bicyclic) bond motifs is 7. The monoisotopic (exact) mass is 557 g/mol. The van der Waals surface area contributed by atoms with Gasteiger partial charge >= 0.3 is 0 Å². The number of hydrogen-bond donors (Lipinski definition) is 2. The molecule has 3 saturated carbocycles. The van der Waals surface area contributed by atoms with Gasteiger partial charge in [-0.3, -0.25) is 4.90 Å². The summed E-state index contributed by atoms with van der Waals surface area (Å²) in [6.45, 7) is 6.40. The molecule has 2 unspecified atom stereocenters. The Morgan fingerprint density at radius 3 is 2.55 bits per heavy atom. The molecule has 4 nitrogen and oxygen atoms in total. The van der Waals surface area contributed by atoms with E-state index in [9.17, 15) is 10.2 Å². The number of ether oxygens (including phenoxy) is 1. The van der Waals surface area contributed by atoms with Gasteiger partial charge in [0, 0.05) is 42.5 Å². The van der Waals surface area contributed by atoms with Crippen LogP contribution in [0.25, 0.3) is 0 Å². The van der Waals surface area contributed by atoms with Gasteiger partial charge in [-0.2, -0.15) is 11.8 Å². The van der Waals surface area contributed by atoms with Gasteiger partial charge in [-0.15, -0.1) is 0 Å². The summed E-state index contributed by atoms with van der Waals surface area (Å²) in [6, 6.07) is 16.4. The van der Waals surface area contributed by atoms with E-state index >= 15 is 0 Å². The van der Waals surface area contributed by atoms with E-state index in [2.05, 4.69) is 66.1 Å². The van der Waals surface area contributed by atoms with E-state index in [1.54, 1.807) is 0 Å². The van der Waals surface area contributed by atoms with E-state index in [-0.39, 0.29) is 17.1 Å². The summed E-state index contributed by atoms with van der Waals surface area (Å²) in [6.07, 6.45) is 8.70. The minimum absolute atomic E-state index is 0.0924. The highest BCUT2D eigenvalue weighted by Gasteiger charge is 2.71.